The van der Waals surface area contributed by atoms with Gasteiger partial charge in [-0.15, -0.1) is 11.8 Å². The average molecular weight is 419 g/mol. The molecule has 1 saturated carbocycles. The van der Waals surface area contributed by atoms with Crippen molar-refractivity contribution in [2.24, 2.45) is 5.92 Å². The van der Waals surface area contributed by atoms with Gasteiger partial charge >= 0.3 is 5.97 Å². The molecule has 156 valence electrons. The third-order valence-electron chi connectivity index (χ3n) is 4.71. The molecule has 1 aliphatic carbocycles. The van der Waals surface area contributed by atoms with Gasteiger partial charge in [0, 0.05) is 6.42 Å². The molecule has 0 amide bonds. The Hall–Kier alpha value is -0.500. The summed E-state index contributed by atoms with van der Waals surface area (Å²) in [6.07, 6.45) is 13.6. The molecule has 5 nitrogen and oxygen atoms in total. The highest BCUT2D eigenvalue weighted by Gasteiger charge is 2.35. The molecule has 0 heterocycles. The van der Waals surface area contributed by atoms with Gasteiger partial charge < -0.3 is 15.3 Å². The third kappa shape index (κ3) is 9.50. The van der Waals surface area contributed by atoms with E-state index in [9.17, 15) is 19.8 Å². The van der Waals surface area contributed by atoms with E-state index in [-0.39, 0.29) is 17.0 Å². The quantitative estimate of drug-likeness (QED) is 0.221. The Morgan fingerprint density at radius 3 is 2.70 bits per heavy atom. The molecule has 3 N–H and O–H groups in total. The van der Waals surface area contributed by atoms with Crippen LogP contribution in [0.2, 0.25) is 0 Å². The molecule has 0 aromatic rings. The van der Waals surface area contributed by atoms with Crippen LogP contribution in [0.1, 0.15) is 71.6 Å². The van der Waals surface area contributed by atoms with Crippen LogP contribution in [0.4, 0.5) is 0 Å². The minimum atomic E-state index is -2.00. The van der Waals surface area contributed by atoms with Crippen molar-refractivity contribution in [1.82, 2.24) is 0 Å². The number of ketones is 1. The number of carboxylic acids is 1. The zero-order valence-corrected chi connectivity index (χ0v) is 18.1. The molecule has 4 atom stereocenters. The summed E-state index contributed by atoms with van der Waals surface area (Å²) in [5.74, 6) is -0.297. The van der Waals surface area contributed by atoms with Crippen molar-refractivity contribution in [3.8, 4) is 0 Å². The highest BCUT2D eigenvalue weighted by atomic mass is 32.2. The Kier molecular flexibility index (Phi) is 11.7. The Bertz CT molecular complexity index is 493. The molecule has 0 aromatic carbocycles. The van der Waals surface area contributed by atoms with E-state index in [0.29, 0.717) is 30.4 Å². The van der Waals surface area contributed by atoms with Crippen LogP contribution < -0.4 is 0 Å². The lowest BCUT2D eigenvalue weighted by atomic mass is 10.1. The van der Waals surface area contributed by atoms with Gasteiger partial charge in [-0.05, 0) is 44.3 Å². The van der Waals surface area contributed by atoms with Crippen molar-refractivity contribution in [2.45, 2.75) is 87.3 Å². The SMILES string of the molecule is CCCCCCCC=C[C@H]1CCC(=O)[C@@H]1SCCC(O)SC(C)(O)C(=O)O. The molecule has 0 aromatic heterocycles. The third-order valence-corrected chi connectivity index (χ3v) is 7.30. The lowest BCUT2D eigenvalue weighted by Crippen LogP contribution is -2.33. The Labute approximate surface area is 171 Å². The van der Waals surface area contributed by atoms with Gasteiger partial charge in [0.25, 0.3) is 0 Å². The van der Waals surface area contributed by atoms with Gasteiger partial charge in [0.2, 0.25) is 4.93 Å². The number of Topliss-reactive ketones (excluding diaryl/α,β-unsaturated/α-hetero) is 1. The smallest absolute Gasteiger partial charge is 0.346 e. The molecule has 0 bridgehead atoms. The maximum atomic E-state index is 12.1. The number of rotatable bonds is 14. The van der Waals surface area contributed by atoms with Crippen molar-refractivity contribution >= 4 is 35.3 Å². The van der Waals surface area contributed by atoms with E-state index < -0.39 is 16.3 Å². The van der Waals surface area contributed by atoms with Crippen LogP contribution in [-0.2, 0) is 9.59 Å². The van der Waals surface area contributed by atoms with Crippen LogP contribution in [0.5, 0.6) is 0 Å². The number of thioether (sulfide) groups is 2. The summed E-state index contributed by atoms with van der Waals surface area (Å²) >= 11 is 2.15. The standard InChI is InChI=1S/C20H34O5S2/c1-3-4-5-6-7-8-9-10-15-11-12-16(21)18(15)26-14-13-17(22)27-20(2,25)19(23)24/h9-10,15,17-18,22,25H,3-8,11-14H2,1-2H3,(H,23,24)/t15-,17?,18+,20?/m0/s1. The van der Waals surface area contributed by atoms with Crippen molar-refractivity contribution < 1.29 is 24.9 Å². The molecule has 1 rings (SSSR count). The molecule has 1 fully saturated rings. The average Bonchev–Trinajstić information content (AvgIpc) is 2.94. The fourth-order valence-corrected chi connectivity index (χ4v) is 5.47. The number of carbonyl (C=O) groups is 2. The lowest BCUT2D eigenvalue weighted by Gasteiger charge is -2.21. The summed E-state index contributed by atoms with van der Waals surface area (Å²) in [5, 5.41) is 28.4. The molecule has 27 heavy (non-hydrogen) atoms. The highest BCUT2D eigenvalue weighted by molar-refractivity contribution is 8.02. The topological polar surface area (TPSA) is 94.8 Å². The number of unbranched alkanes of at least 4 members (excludes halogenated alkanes) is 5. The van der Waals surface area contributed by atoms with Gasteiger partial charge in [-0.25, -0.2) is 4.79 Å². The Morgan fingerprint density at radius 1 is 1.33 bits per heavy atom. The molecule has 0 aliphatic heterocycles. The van der Waals surface area contributed by atoms with Crippen molar-refractivity contribution in [3.63, 3.8) is 0 Å². The van der Waals surface area contributed by atoms with Crippen LogP contribution >= 0.6 is 23.5 Å². The first-order chi connectivity index (χ1) is 12.8. The number of hydrogen-bond donors (Lipinski definition) is 3. The van der Waals surface area contributed by atoms with E-state index in [4.69, 9.17) is 5.11 Å². The van der Waals surface area contributed by atoms with Crippen LogP contribution in [-0.4, -0.2) is 48.4 Å². The molecule has 1 aliphatic rings. The summed E-state index contributed by atoms with van der Waals surface area (Å²) in [6.45, 7) is 3.36. The molecular weight excluding hydrogens is 384 g/mol. The number of hydrogen-bond acceptors (Lipinski definition) is 6. The monoisotopic (exact) mass is 418 g/mol. The predicted molar refractivity (Wildman–Crippen MR) is 113 cm³/mol. The number of aliphatic hydroxyl groups is 2. The van der Waals surface area contributed by atoms with Gasteiger partial charge in [0.1, 0.15) is 11.2 Å². The highest BCUT2D eigenvalue weighted by Crippen LogP contribution is 2.35. The molecule has 0 saturated heterocycles. The van der Waals surface area contributed by atoms with E-state index in [1.54, 1.807) is 0 Å². The minimum absolute atomic E-state index is 0.0708. The maximum Gasteiger partial charge on any atom is 0.346 e. The summed E-state index contributed by atoms with van der Waals surface area (Å²) < 4.78 is 0. The summed E-state index contributed by atoms with van der Waals surface area (Å²) in [5.41, 5.74) is -0.975. The van der Waals surface area contributed by atoms with Gasteiger partial charge in [0.15, 0.2) is 0 Å². The number of carboxylic acid groups (broad SMARTS) is 1. The summed E-state index contributed by atoms with van der Waals surface area (Å²) in [7, 11) is 0. The number of aliphatic hydroxyl groups excluding tert-OH is 1. The molecular formula is C20H34O5S2. The fraction of sp³-hybridized carbons (Fsp3) is 0.800. The van der Waals surface area contributed by atoms with Gasteiger partial charge in [0.05, 0.1) is 5.25 Å². The second-order valence-electron chi connectivity index (χ2n) is 7.24. The zero-order valence-electron chi connectivity index (χ0n) is 16.4. The maximum absolute atomic E-state index is 12.1. The first-order valence-corrected chi connectivity index (χ1v) is 11.8. The normalized spacial score (nSPS) is 23.6. The van der Waals surface area contributed by atoms with Gasteiger partial charge in [-0.3, -0.25) is 4.79 Å². The number of carbonyl (C=O) groups excluding carboxylic acids is 1. The zero-order chi connectivity index (χ0) is 20.3. The first kappa shape index (κ1) is 24.5. The van der Waals surface area contributed by atoms with Crippen molar-refractivity contribution in [3.05, 3.63) is 12.2 Å². The van der Waals surface area contributed by atoms with E-state index >= 15 is 0 Å². The summed E-state index contributed by atoms with van der Waals surface area (Å²) in [4.78, 5) is 21.0. The lowest BCUT2D eigenvalue weighted by molar-refractivity contribution is -0.148. The van der Waals surface area contributed by atoms with Crippen LogP contribution in [0, 0.1) is 5.92 Å². The van der Waals surface area contributed by atoms with Gasteiger partial charge in [-0.2, -0.15) is 0 Å². The van der Waals surface area contributed by atoms with E-state index in [0.717, 1.165) is 19.8 Å². The van der Waals surface area contributed by atoms with Crippen LogP contribution in [0.3, 0.4) is 0 Å². The molecule has 7 heteroatoms. The Balaban J connectivity index is 2.33. The molecule has 2 unspecified atom stereocenters. The number of allylic oxidation sites excluding steroid dienone is 2. The minimum Gasteiger partial charge on any atom is -0.478 e. The van der Waals surface area contributed by atoms with Crippen molar-refractivity contribution in [1.29, 1.82) is 0 Å². The van der Waals surface area contributed by atoms with E-state index in [1.807, 2.05) is 0 Å². The van der Waals surface area contributed by atoms with Crippen LogP contribution in [0.15, 0.2) is 12.2 Å². The largest absolute Gasteiger partial charge is 0.478 e. The second-order valence-corrected chi connectivity index (χ2v) is 10.1. The molecule has 0 spiro atoms. The fourth-order valence-electron chi connectivity index (χ4n) is 3.06. The second kappa shape index (κ2) is 12.9. The van der Waals surface area contributed by atoms with E-state index in [2.05, 4.69) is 19.1 Å². The summed E-state index contributed by atoms with van der Waals surface area (Å²) in [6, 6.07) is 0. The molecule has 0 radical (unpaired) electrons. The number of aliphatic carboxylic acids is 1. The van der Waals surface area contributed by atoms with Crippen molar-refractivity contribution in [2.75, 3.05) is 5.75 Å². The van der Waals surface area contributed by atoms with E-state index in [1.165, 1.54) is 43.9 Å². The Morgan fingerprint density at radius 2 is 2.04 bits per heavy atom. The van der Waals surface area contributed by atoms with Crippen LogP contribution in [0.25, 0.3) is 0 Å². The van der Waals surface area contributed by atoms with Gasteiger partial charge in [-0.1, -0.05) is 56.5 Å². The first-order valence-electron chi connectivity index (χ1n) is 9.90. The predicted octanol–water partition coefficient (Wildman–Crippen LogP) is 4.22.